The number of hydroxylamine groups is 2. The van der Waals surface area contributed by atoms with Gasteiger partial charge in [0.15, 0.2) is 0 Å². The van der Waals surface area contributed by atoms with E-state index in [2.05, 4.69) is 6.07 Å². The largest absolute Gasteiger partial charge is 0.333 e. The topological polar surface area (TPSA) is 87.5 Å². The minimum absolute atomic E-state index is 0.0546. The second-order valence-corrected chi connectivity index (χ2v) is 6.88. The number of thioether (sulfide) groups is 1. The number of benzene rings is 1. The fourth-order valence-corrected chi connectivity index (χ4v) is 3.09. The smallest absolute Gasteiger partial charge is 0.330 e. The first kappa shape index (κ1) is 17.0. The highest BCUT2D eigenvalue weighted by molar-refractivity contribution is 8.01. The lowest BCUT2D eigenvalue weighted by molar-refractivity contribution is -0.197. The lowest BCUT2D eigenvalue weighted by atomic mass is 10.1. The molecular weight excluding hydrogens is 316 g/mol. The van der Waals surface area contributed by atoms with Gasteiger partial charge in [-0.2, -0.15) is 5.26 Å². The van der Waals surface area contributed by atoms with Gasteiger partial charge < -0.3 is 4.84 Å². The van der Waals surface area contributed by atoms with Gasteiger partial charge in [0.25, 0.3) is 11.8 Å². The fraction of sp³-hybridized carbons (Fsp3) is 0.375. The number of carbonyl (C=O) groups is 3. The lowest BCUT2D eigenvalue weighted by Gasteiger charge is -2.21. The number of hydrogen-bond acceptors (Lipinski definition) is 6. The molecule has 1 heterocycles. The van der Waals surface area contributed by atoms with Crippen molar-refractivity contribution in [3.05, 3.63) is 30.3 Å². The maximum atomic E-state index is 11.8. The van der Waals surface area contributed by atoms with Gasteiger partial charge in [-0.25, -0.2) is 4.79 Å². The Labute approximate surface area is 138 Å². The van der Waals surface area contributed by atoms with Gasteiger partial charge in [-0.15, -0.1) is 16.8 Å². The van der Waals surface area contributed by atoms with Crippen LogP contribution in [-0.4, -0.2) is 27.6 Å². The van der Waals surface area contributed by atoms with Gasteiger partial charge in [0.05, 0.1) is 12.5 Å². The van der Waals surface area contributed by atoms with Gasteiger partial charge in [-0.3, -0.25) is 9.59 Å². The molecule has 0 aliphatic carbocycles. The van der Waals surface area contributed by atoms with Crippen LogP contribution in [0.15, 0.2) is 35.2 Å². The van der Waals surface area contributed by atoms with Crippen LogP contribution in [0.3, 0.4) is 0 Å². The highest BCUT2D eigenvalue weighted by atomic mass is 32.2. The van der Waals surface area contributed by atoms with Crippen LogP contribution in [0, 0.1) is 11.3 Å². The zero-order chi connectivity index (χ0) is 16.9. The van der Waals surface area contributed by atoms with E-state index in [1.165, 1.54) is 11.8 Å². The Hall–Kier alpha value is -2.33. The molecule has 0 radical (unpaired) electrons. The van der Waals surface area contributed by atoms with E-state index in [0.717, 1.165) is 4.90 Å². The first-order valence-corrected chi connectivity index (χ1v) is 7.97. The number of rotatable bonds is 6. The summed E-state index contributed by atoms with van der Waals surface area (Å²) in [6.07, 6.45) is 0.316. The minimum Gasteiger partial charge on any atom is -0.330 e. The number of imide groups is 1. The molecule has 23 heavy (non-hydrogen) atoms. The maximum Gasteiger partial charge on any atom is 0.333 e. The number of carbonyl (C=O) groups excluding carboxylic acids is 3. The number of amides is 2. The molecule has 0 saturated carbocycles. The Morgan fingerprint density at radius 3 is 2.48 bits per heavy atom. The highest BCUT2D eigenvalue weighted by Crippen LogP contribution is 2.35. The summed E-state index contributed by atoms with van der Waals surface area (Å²) in [6, 6.07) is 11.6. The van der Waals surface area contributed by atoms with E-state index in [9.17, 15) is 19.6 Å². The molecule has 0 bridgehead atoms. The van der Waals surface area contributed by atoms with Crippen LogP contribution in [0.5, 0.6) is 0 Å². The van der Waals surface area contributed by atoms with Crippen molar-refractivity contribution in [3.63, 3.8) is 0 Å². The van der Waals surface area contributed by atoms with Crippen molar-refractivity contribution < 1.29 is 19.2 Å². The van der Waals surface area contributed by atoms with Crippen molar-refractivity contribution >= 4 is 29.5 Å². The summed E-state index contributed by atoms with van der Waals surface area (Å²) in [7, 11) is 0. The monoisotopic (exact) mass is 332 g/mol. The molecule has 1 aromatic carbocycles. The van der Waals surface area contributed by atoms with E-state index >= 15 is 0 Å². The molecule has 1 fully saturated rings. The Balaban J connectivity index is 1.89. The third-order valence-electron chi connectivity index (χ3n) is 3.33. The van der Waals surface area contributed by atoms with Crippen molar-refractivity contribution in [2.75, 3.05) is 0 Å². The molecule has 1 saturated heterocycles. The summed E-state index contributed by atoms with van der Waals surface area (Å²) in [4.78, 5) is 40.3. The minimum atomic E-state index is -0.806. The summed E-state index contributed by atoms with van der Waals surface area (Å²) in [5.74, 6) is -1.71. The third kappa shape index (κ3) is 4.57. The van der Waals surface area contributed by atoms with Gasteiger partial charge in [0, 0.05) is 17.7 Å². The van der Waals surface area contributed by atoms with Crippen molar-refractivity contribution in [1.29, 1.82) is 5.26 Å². The predicted molar refractivity (Wildman–Crippen MR) is 82.7 cm³/mol. The quantitative estimate of drug-likeness (QED) is 0.587. The molecule has 1 unspecified atom stereocenters. The van der Waals surface area contributed by atoms with Gasteiger partial charge >= 0.3 is 5.97 Å². The Kier molecular flexibility index (Phi) is 5.40. The van der Waals surface area contributed by atoms with Gasteiger partial charge in [0.2, 0.25) is 0 Å². The predicted octanol–water partition coefficient (Wildman–Crippen LogP) is 2.45. The Morgan fingerprint density at radius 2 is 1.91 bits per heavy atom. The van der Waals surface area contributed by atoms with E-state index < -0.39 is 22.5 Å². The van der Waals surface area contributed by atoms with Crippen LogP contribution in [0.25, 0.3) is 0 Å². The van der Waals surface area contributed by atoms with Crippen molar-refractivity contribution in [2.24, 2.45) is 0 Å². The van der Waals surface area contributed by atoms with Crippen LogP contribution in [0.2, 0.25) is 0 Å². The number of hydrogen-bond donors (Lipinski definition) is 0. The van der Waals surface area contributed by atoms with E-state index in [1.54, 1.807) is 6.92 Å². The molecule has 1 aromatic rings. The average Bonchev–Trinajstić information content (AvgIpc) is 2.86. The van der Waals surface area contributed by atoms with Gasteiger partial charge in [-0.1, -0.05) is 18.2 Å². The zero-order valence-electron chi connectivity index (χ0n) is 12.7. The SMILES string of the molecule is CC(C#N)(CCC(=O)ON1C(=O)CCC1=O)Sc1ccccc1. The lowest BCUT2D eigenvalue weighted by Crippen LogP contribution is -2.32. The number of nitriles is 1. The van der Waals surface area contributed by atoms with Crippen molar-refractivity contribution in [1.82, 2.24) is 5.06 Å². The normalized spacial score (nSPS) is 16.8. The molecule has 2 amide bonds. The Morgan fingerprint density at radius 1 is 1.30 bits per heavy atom. The molecule has 1 aliphatic rings. The van der Waals surface area contributed by atoms with E-state index in [1.807, 2.05) is 30.3 Å². The van der Waals surface area contributed by atoms with Crippen molar-refractivity contribution in [3.8, 4) is 6.07 Å². The second kappa shape index (κ2) is 7.29. The first-order valence-electron chi connectivity index (χ1n) is 7.15. The molecule has 0 N–H and O–H groups in total. The molecule has 7 heteroatoms. The summed E-state index contributed by atoms with van der Waals surface area (Å²) < 4.78 is -0.806. The molecule has 120 valence electrons. The van der Waals surface area contributed by atoms with Crippen LogP contribution in [0.1, 0.15) is 32.6 Å². The van der Waals surface area contributed by atoms with Crippen LogP contribution in [0.4, 0.5) is 0 Å². The summed E-state index contributed by atoms with van der Waals surface area (Å²) >= 11 is 1.36. The van der Waals surface area contributed by atoms with Crippen LogP contribution < -0.4 is 0 Å². The molecule has 0 spiro atoms. The fourth-order valence-electron chi connectivity index (χ4n) is 2.02. The highest BCUT2D eigenvalue weighted by Gasteiger charge is 2.34. The van der Waals surface area contributed by atoms with E-state index in [4.69, 9.17) is 4.84 Å². The van der Waals surface area contributed by atoms with E-state index in [0.29, 0.717) is 5.06 Å². The van der Waals surface area contributed by atoms with Gasteiger partial charge in [-0.05, 0) is 25.5 Å². The second-order valence-electron chi connectivity index (χ2n) is 5.30. The first-order chi connectivity index (χ1) is 10.9. The summed E-state index contributed by atoms with van der Waals surface area (Å²) in [6.45, 7) is 1.74. The molecule has 2 rings (SSSR count). The van der Waals surface area contributed by atoms with Gasteiger partial charge in [0.1, 0.15) is 4.75 Å². The number of nitrogens with zero attached hydrogens (tertiary/aromatic N) is 2. The van der Waals surface area contributed by atoms with Crippen LogP contribution >= 0.6 is 11.8 Å². The maximum absolute atomic E-state index is 11.8. The summed E-state index contributed by atoms with van der Waals surface area (Å²) in [5, 5.41) is 9.91. The van der Waals surface area contributed by atoms with Crippen LogP contribution in [-0.2, 0) is 19.2 Å². The average molecular weight is 332 g/mol. The van der Waals surface area contributed by atoms with Crippen molar-refractivity contribution in [2.45, 2.75) is 42.2 Å². The molecule has 1 aliphatic heterocycles. The standard InChI is InChI=1S/C16H16N2O4S/c1-16(11-17,23-12-5-3-2-4-6-12)10-9-15(21)22-18-13(19)7-8-14(18)20/h2-6H,7-10H2,1H3. The molecule has 0 aromatic heterocycles. The summed E-state index contributed by atoms with van der Waals surface area (Å²) in [5.41, 5.74) is 0. The Bertz CT molecular complexity index is 640. The molecular formula is C16H16N2O4S. The van der Waals surface area contributed by atoms with E-state index in [-0.39, 0.29) is 25.7 Å². The molecule has 6 nitrogen and oxygen atoms in total. The third-order valence-corrected chi connectivity index (χ3v) is 4.58. The molecule has 1 atom stereocenters. The zero-order valence-corrected chi connectivity index (χ0v) is 13.5.